The summed E-state index contributed by atoms with van der Waals surface area (Å²) in [4.78, 5) is 67.2. The lowest BCUT2D eigenvalue weighted by Crippen LogP contribution is -2.50. The number of halogens is 6. The molecule has 6 aliphatic carbocycles. The molecule has 8 aromatic rings. The van der Waals surface area contributed by atoms with Crippen LogP contribution in [0.5, 0.6) is 5.75 Å². The number of aromatic nitrogens is 2. The quantitative estimate of drug-likeness (QED) is 0.0363. The van der Waals surface area contributed by atoms with E-state index in [0.717, 1.165) is 152 Å². The summed E-state index contributed by atoms with van der Waals surface area (Å²) >= 11 is 21.3. The Morgan fingerprint density at radius 3 is 1.57 bits per heavy atom. The normalized spacial score (nSPS) is 21.3. The van der Waals surface area contributed by atoms with E-state index in [-0.39, 0.29) is 81.4 Å². The van der Waals surface area contributed by atoms with Crippen molar-refractivity contribution < 1.29 is 56.7 Å². The molecule has 6 atom stereocenters. The van der Waals surface area contributed by atoms with E-state index in [2.05, 4.69) is 267 Å². The Labute approximate surface area is 857 Å². The number of β-amino-alcohol motifs (C(OH)–C–C–N with tert-alkyl or cyclic N) is 1. The van der Waals surface area contributed by atoms with Crippen LogP contribution in [0.2, 0.25) is 36.3 Å². The van der Waals surface area contributed by atoms with Gasteiger partial charge in [-0.2, -0.15) is 20.8 Å². The summed E-state index contributed by atoms with van der Waals surface area (Å²) in [7, 11) is -0.414. The molecule has 136 heavy (non-hydrogen) atoms. The van der Waals surface area contributed by atoms with Gasteiger partial charge in [-0.15, -0.1) is 0 Å². The van der Waals surface area contributed by atoms with Gasteiger partial charge in [-0.1, -0.05) is 221 Å². The Balaban J connectivity index is 0.000000158. The first-order chi connectivity index (χ1) is 64.6. The number of hydrogen-bond donors (Lipinski definition) is 3. The molecule has 29 heteroatoms. The second-order valence-corrected chi connectivity index (χ2v) is 55.2. The van der Waals surface area contributed by atoms with Gasteiger partial charge in [0.2, 0.25) is 23.5 Å². The number of nitrogens with two attached hydrogens (primary N) is 1. The molecule has 0 saturated carbocycles. The van der Waals surface area contributed by atoms with Crippen LogP contribution in [0.3, 0.4) is 0 Å². The van der Waals surface area contributed by atoms with Crippen LogP contribution < -0.4 is 15.8 Å². The molecule has 0 bridgehead atoms. The van der Waals surface area contributed by atoms with Gasteiger partial charge in [-0.05, 0) is 275 Å². The van der Waals surface area contributed by atoms with E-state index in [4.69, 9.17) is 33.8 Å². The molecule has 9 aliphatic rings. The molecule has 21 nitrogen and oxygen atoms in total. The third-order valence-electron chi connectivity index (χ3n) is 30.2. The zero-order valence-corrected chi connectivity index (χ0v) is 92.8. The van der Waals surface area contributed by atoms with Crippen LogP contribution >= 0.6 is 95.6 Å². The Morgan fingerprint density at radius 2 is 1.05 bits per heavy atom. The van der Waals surface area contributed by atoms with Crippen molar-refractivity contribution in [3.8, 4) is 46.8 Å². The molecule has 728 valence electrons. The van der Waals surface area contributed by atoms with Gasteiger partial charge in [-0.3, -0.25) is 24.0 Å². The van der Waals surface area contributed by atoms with E-state index in [1.165, 1.54) is 90.8 Å². The zero-order chi connectivity index (χ0) is 98.9. The molecule has 4 heterocycles. The summed E-state index contributed by atoms with van der Waals surface area (Å²) in [6, 6.07) is 49.6. The number of benzene rings is 7. The predicted molar refractivity (Wildman–Crippen MR) is 561 cm³/mol. The third-order valence-corrected chi connectivity index (χ3v) is 43.3. The predicted octanol–water partition coefficient (Wildman–Crippen LogP) is 23.7. The number of likely N-dealkylation sites (tertiary alicyclic amines) is 2. The van der Waals surface area contributed by atoms with E-state index < -0.39 is 22.0 Å². The lowest BCUT2D eigenvalue weighted by Gasteiger charge is -2.42. The summed E-state index contributed by atoms with van der Waals surface area (Å²) < 4.78 is 38.6. The van der Waals surface area contributed by atoms with Gasteiger partial charge in [0.1, 0.15) is 11.8 Å². The van der Waals surface area contributed by atoms with Crippen molar-refractivity contribution in [3.05, 3.63) is 222 Å². The van der Waals surface area contributed by atoms with Crippen molar-refractivity contribution >= 4 is 142 Å². The van der Waals surface area contributed by atoms with Gasteiger partial charge in [0.25, 0.3) is 5.89 Å². The van der Waals surface area contributed by atoms with Gasteiger partial charge in [0.15, 0.2) is 16.6 Å². The van der Waals surface area contributed by atoms with Crippen molar-refractivity contribution in [1.29, 1.82) is 15.8 Å². The number of alkyl halides is 1. The maximum atomic E-state index is 12.5. The number of aliphatic hydroxyl groups excluding tert-OH is 1. The zero-order valence-electron chi connectivity index (χ0n) is 81.3. The Hall–Kier alpha value is -7.55. The van der Waals surface area contributed by atoms with E-state index in [9.17, 15) is 39.6 Å². The van der Waals surface area contributed by atoms with E-state index in [0.29, 0.717) is 92.0 Å². The first-order valence-corrected chi connectivity index (χ1v) is 58.5. The number of methoxy groups -OCH3 is 2. The van der Waals surface area contributed by atoms with Gasteiger partial charge in [0, 0.05) is 138 Å². The average molecular weight is 2270 g/mol. The average Bonchev–Trinajstić information content (AvgIpc) is 1.60. The number of hydrogen-bond acceptors (Lipinski definition) is 18. The van der Waals surface area contributed by atoms with Crippen LogP contribution in [-0.4, -0.2) is 156 Å². The fourth-order valence-electron chi connectivity index (χ4n) is 20.2. The maximum absolute atomic E-state index is 12.5. The van der Waals surface area contributed by atoms with Crippen molar-refractivity contribution in [3.63, 3.8) is 0 Å². The van der Waals surface area contributed by atoms with Crippen molar-refractivity contribution in [1.82, 2.24) is 25.3 Å². The number of amides is 3. The monoisotopic (exact) mass is 2270 g/mol. The standard InChI is InChI=1S/C27H28N4O4.C21H32BrNO2Si.C14H18BrNO2.C14H14BrNO2.C13H14BrNO.C10H8BrN.C8H19BrOSi/c1-17(2)34-23-7-6-18(14-19(23)15-28)26-29-25(30-35-26)21-4-3-5-22-20(21)8-10-27(22)11-9-24(33)31(16-27)12-13-32;1-20(2,3)26(4,5)25-14-13-23-15-21(12-10-19(23)24)11-9-16-17(21)7-6-8-18(16)22;2*1-18-13(17)6-8-14(9-16)7-5-10-11(14)3-2-4-12(10)15;14-11-3-1-2-10-9(11)4-6-13(10)7-5-12(16)15-8-13;11-10-3-1-2-8-7(6-12)4-5-9(8)10;1-8(2,3)11(4,5)10-7-6-9/h3-7,14,17,32H,8-13,16H2,1-2H3;6-8H,9-15H2,1-5H3;2-4H,5-9,16H2,1H3;2-4H,5-8H2,1H3;1-3H,4-8H2,(H,15,16);1-3,7H,4-5H2;6-7H2,1-5H3. The lowest BCUT2D eigenvalue weighted by atomic mass is 9.74. The van der Waals surface area contributed by atoms with Crippen LogP contribution in [0.15, 0.2) is 154 Å². The minimum atomic E-state index is -1.76. The summed E-state index contributed by atoms with van der Waals surface area (Å²) in [5, 5.41) is 46.1. The summed E-state index contributed by atoms with van der Waals surface area (Å²) in [5.41, 5.74) is 23.3. The molecule has 3 saturated heterocycles. The number of fused-ring (bicyclic) bond motifs is 9. The SMILES string of the molecule is CC(C)(C)[Si](C)(C)OCCBr.CC(C)(C)[Si](C)(C)OCCN1CC2(CCC1=O)CCc1c(Br)cccc12.CC(C)Oc1ccc(-c2nc(-c3cccc4c3CCC43CCC(=O)N(CCO)C3)no2)cc1C#N.COC(=O)CCC1(C#N)CCc2c(Br)cccc21.COC(=O)CCC1(CN)CCc2c(Br)cccc21.N#CC1CCc2c(Br)cccc21.O=C1CCC2(CCc3c(Br)cccc32)CN1. The molecular formula is C107H133Br6N9O12Si2. The number of piperidine rings is 3. The van der Waals surface area contributed by atoms with Crippen LogP contribution in [0.4, 0.5) is 0 Å². The number of nitrogens with zero attached hydrogens (tertiary/aromatic N) is 7. The van der Waals surface area contributed by atoms with Crippen LogP contribution in [-0.2, 0) is 108 Å². The van der Waals surface area contributed by atoms with Gasteiger partial charge >= 0.3 is 11.9 Å². The molecule has 1 aromatic heterocycles. The molecule has 6 unspecified atom stereocenters. The molecule has 3 amide bonds. The molecular weight excluding hydrogens is 2140 g/mol. The number of carbonyl (C=O) groups excluding carboxylic acids is 5. The van der Waals surface area contributed by atoms with Gasteiger partial charge < -0.3 is 53.5 Å². The summed E-state index contributed by atoms with van der Waals surface area (Å²) in [6.07, 6.45) is 18.7. The van der Waals surface area contributed by atoms with Crippen LogP contribution in [0, 0.1) is 34.0 Å². The van der Waals surface area contributed by atoms with Gasteiger partial charge in [0.05, 0.1) is 62.6 Å². The number of esters is 2. The molecule has 17 rings (SSSR count). The summed E-state index contributed by atoms with van der Waals surface area (Å²) in [5.74, 6) is 1.69. The fraction of sp³-hybridized carbons (Fsp3) is 0.514. The first kappa shape index (κ1) is 109. The molecule has 3 spiro atoms. The number of nitriles is 3. The number of aliphatic hydroxyl groups is 1. The van der Waals surface area contributed by atoms with Crippen LogP contribution in [0.1, 0.15) is 236 Å². The van der Waals surface area contributed by atoms with E-state index in [1.807, 2.05) is 68.4 Å². The molecule has 3 aliphatic heterocycles. The highest BCUT2D eigenvalue weighted by Crippen LogP contribution is 2.53. The second-order valence-electron chi connectivity index (χ2n) is 40.5. The Bertz CT molecular complexity index is 5730. The largest absolute Gasteiger partial charge is 0.490 e. The van der Waals surface area contributed by atoms with E-state index in [1.54, 1.807) is 17.0 Å². The Morgan fingerprint density at radius 1 is 0.581 bits per heavy atom. The maximum Gasteiger partial charge on any atom is 0.305 e. The number of ether oxygens (including phenoxy) is 3. The van der Waals surface area contributed by atoms with Crippen molar-refractivity contribution in [2.45, 2.75) is 272 Å². The third kappa shape index (κ3) is 25.3. The highest BCUT2D eigenvalue weighted by atomic mass is 79.9. The summed E-state index contributed by atoms with van der Waals surface area (Å²) in [6.45, 7) is 31.9. The second kappa shape index (κ2) is 47.4. The van der Waals surface area contributed by atoms with E-state index >= 15 is 0 Å². The van der Waals surface area contributed by atoms with Crippen molar-refractivity contribution in [2.75, 3.05) is 78.6 Å². The smallest absolute Gasteiger partial charge is 0.305 e. The fourth-order valence-corrected chi connectivity index (χ4v) is 25.6. The number of nitrogens with one attached hydrogen (secondary N) is 1. The van der Waals surface area contributed by atoms with Crippen LogP contribution in [0.25, 0.3) is 22.8 Å². The number of rotatable bonds is 20. The Kier molecular flexibility index (Phi) is 37.9. The highest BCUT2D eigenvalue weighted by molar-refractivity contribution is 9.11. The topological polar surface area (TPSA) is 307 Å². The minimum absolute atomic E-state index is 0.0293. The molecule has 0 radical (unpaired) electrons. The lowest BCUT2D eigenvalue weighted by molar-refractivity contribution is -0.141. The number of carbonyl (C=O) groups is 5. The first-order valence-electron chi connectivity index (χ1n) is 47.6. The molecule has 4 N–H and O–H groups in total. The molecule has 3 fully saturated rings. The highest BCUT2D eigenvalue weighted by Gasteiger charge is 2.49. The van der Waals surface area contributed by atoms with Gasteiger partial charge in [-0.25, -0.2) is 0 Å². The minimum Gasteiger partial charge on any atom is -0.490 e. The van der Waals surface area contributed by atoms with Crippen molar-refractivity contribution in [2.24, 2.45) is 5.73 Å². The molecule has 7 aromatic carbocycles.